The number of hydrogen-bond acceptors (Lipinski definition) is 4. The smallest absolute Gasteiger partial charge is 0.216 e. The van der Waals surface area contributed by atoms with E-state index in [9.17, 15) is 5.11 Å². The van der Waals surface area contributed by atoms with Crippen molar-refractivity contribution in [3.8, 4) is 5.88 Å². The Morgan fingerprint density at radius 2 is 1.68 bits per heavy atom. The molecule has 4 nitrogen and oxygen atoms in total. The largest absolute Gasteiger partial charge is 0.481 e. The summed E-state index contributed by atoms with van der Waals surface area (Å²) in [7, 11) is 1.54. The van der Waals surface area contributed by atoms with Gasteiger partial charge in [-0.05, 0) is 17.0 Å². The van der Waals surface area contributed by atoms with Gasteiger partial charge in [0.15, 0.2) is 0 Å². The van der Waals surface area contributed by atoms with E-state index in [0.717, 1.165) is 5.56 Å². The molecule has 0 radical (unpaired) electrons. The van der Waals surface area contributed by atoms with Gasteiger partial charge in [-0.25, -0.2) is 9.97 Å². The van der Waals surface area contributed by atoms with Crippen molar-refractivity contribution in [2.75, 3.05) is 7.11 Å². The van der Waals surface area contributed by atoms with Crippen molar-refractivity contribution in [1.29, 1.82) is 0 Å². The second-order valence-corrected chi connectivity index (χ2v) is 4.71. The SMILES string of the molecule is COc1cc(C(O)c2ccc(C(C)C)cc2)ncn1. The molecule has 19 heavy (non-hydrogen) atoms. The van der Waals surface area contributed by atoms with E-state index in [1.807, 2.05) is 24.3 Å². The van der Waals surface area contributed by atoms with Crippen LogP contribution in [0.25, 0.3) is 0 Å². The van der Waals surface area contributed by atoms with E-state index in [-0.39, 0.29) is 0 Å². The van der Waals surface area contributed by atoms with Crippen LogP contribution in [-0.4, -0.2) is 22.2 Å². The first-order valence-electron chi connectivity index (χ1n) is 6.25. The van der Waals surface area contributed by atoms with Gasteiger partial charge in [0, 0.05) is 6.07 Å². The molecule has 100 valence electrons. The van der Waals surface area contributed by atoms with Gasteiger partial charge < -0.3 is 9.84 Å². The van der Waals surface area contributed by atoms with Gasteiger partial charge in [0.2, 0.25) is 5.88 Å². The lowest BCUT2D eigenvalue weighted by Crippen LogP contribution is -2.04. The maximum atomic E-state index is 10.3. The molecule has 1 heterocycles. The Labute approximate surface area is 113 Å². The summed E-state index contributed by atoms with van der Waals surface area (Å²) in [5.41, 5.74) is 2.59. The summed E-state index contributed by atoms with van der Waals surface area (Å²) in [6.07, 6.45) is 0.623. The molecule has 1 aromatic carbocycles. The van der Waals surface area contributed by atoms with Crippen LogP contribution in [0.1, 0.15) is 42.7 Å². The summed E-state index contributed by atoms with van der Waals surface area (Å²) in [5.74, 6) is 0.924. The Morgan fingerprint density at radius 3 is 2.26 bits per heavy atom. The summed E-state index contributed by atoms with van der Waals surface area (Å²) >= 11 is 0. The number of aromatic nitrogens is 2. The highest BCUT2D eigenvalue weighted by Crippen LogP contribution is 2.24. The molecule has 0 aliphatic rings. The monoisotopic (exact) mass is 258 g/mol. The Hall–Kier alpha value is -1.94. The molecule has 1 aromatic heterocycles. The minimum Gasteiger partial charge on any atom is -0.481 e. The third-order valence-electron chi connectivity index (χ3n) is 3.07. The van der Waals surface area contributed by atoms with Gasteiger partial charge in [-0.2, -0.15) is 0 Å². The number of rotatable bonds is 4. The fourth-order valence-corrected chi connectivity index (χ4v) is 1.85. The lowest BCUT2D eigenvalue weighted by molar-refractivity contribution is 0.214. The number of benzene rings is 1. The van der Waals surface area contributed by atoms with E-state index >= 15 is 0 Å². The predicted octanol–water partition coefficient (Wildman–Crippen LogP) is 2.69. The summed E-state index contributed by atoms with van der Waals surface area (Å²) in [6, 6.07) is 9.55. The molecule has 1 N–H and O–H groups in total. The molecule has 0 amide bonds. The van der Waals surface area contributed by atoms with Crippen LogP contribution < -0.4 is 4.74 Å². The maximum absolute atomic E-state index is 10.3. The van der Waals surface area contributed by atoms with E-state index in [4.69, 9.17) is 4.74 Å². The fraction of sp³-hybridized carbons (Fsp3) is 0.333. The molecule has 0 saturated heterocycles. The summed E-state index contributed by atoms with van der Waals surface area (Å²) in [4.78, 5) is 8.01. The van der Waals surface area contributed by atoms with Crippen LogP contribution in [0.3, 0.4) is 0 Å². The number of nitrogens with zero attached hydrogens (tertiary/aromatic N) is 2. The molecule has 2 rings (SSSR count). The number of methoxy groups -OCH3 is 1. The summed E-state index contributed by atoms with van der Waals surface area (Å²) in [6.45, 7) is 4.28. The van der Waals surface area contributed by atoms with Crippen molar-refractivity contribution >= 4 is 0 Å². The zero-order chi connectivity index (χ0) is 13.8. The van der Waals surface area contributed by atoms with Crippen molar-refractivity contribution in [1.82, 2.24) is 9.97 Å². The molecular weight excluding hydrogens is 240 g/mol. The van der Waals surface area contributed by atoms with Gasteiger partial charge in [-0.1, -0.05) is 38.1 Å². The minimum atomic E-state index is -0.766. The van der Waals surface area contributed by atoms with Crippen LogP contribution in [0.5, 0.6) is 5.88 Å². The second kappa shape index (κ2) is 5.80. The number of hydrogen-bond donors (Lipinski definition) is 1. The van der Waals surface area contributed by atoms with Crippen molar-refractivity contribution in [2.24, 2.45) is 0 Å². The quantitative estimate of drug-likeness (QED) is 0.916. The molecule has 0 aliphatic carbocycles. The van der Waals surface area contributed by atoms with Gasteiger partial charge in [-0.3, -0.25) is 0 Å². The number of aliphatic hydroxyl groups excluding tert-OH is 1. The molecule has 0 fully saturated rings. The van der Waals surface area contributed by atoms with Crippen LogP contribution in [0.2, 0.25) is 0 Å². The molecule has 2 aromatic rings. The first-order valence-corrected chi connectivity index (χ1v) is 6.25. The van der Waals surface area contributed by atoms with Crippen molar-refractivity contribution in [3.05, 3.63) is 53.5 Å². The average Bonchev–Trinajstić information content (AvgIpc) is 2.46. The van der Waals surface area contributed by atoms with Crippen molar-refractivity contribution in [3.63, 3.8) is 0 Å². The zero-order valence-corrected chi connectivity index (χ0v) is 11.4. The first-order chi connectivity index (χ1) is 9.11. The van der Waals surface area contributed by atoms with Gasteiger partial charge in [-0.15, -0.1) is 0 Å². The molecule has 4 heteroatoms. The summed E-state index contributed by atoms with van der Waals surface area (Å²) < 4.78 is 5.03. The number of ether oxygens (including phenoxy) is 1. The zero-order valence-electron chi connectivity index (χ0n) is 11.4. The lowest BCUT2D eigenvalue weighted by Gasteiger charge is -2.12. The van der Waals surface area contributed by atoms with Gasteiger partial charge in [0.25, 0.3) is 0 Å². The standard InChI is InChI=1S/C15H18N2O2/c1-10(2)11-4-6-12(7-5-11)15(18)13-8-14(19-3)17-9-16-13/h4-10,15,18H,1-3H3. The predicted molar refractivity (Wildman–Crippen MR) is 73.2 cm³/mol. The lowest BCUT2D eigenvalue weighted by atomic mass is 9.99. The molecule has 1 unspecified atom stereocenters. The Bertz CT molecular complexity index is 538. The van der Waals surface area contributed by atoms with E-state index in [2.05, 4.69) is 23.8 Å². The normalized spacial score (nSPS) is 12.5. The molecule has 1 atom stereocenters. The van der Waals surface area contributed by atoms with E-state index in [1.54, 1.807) is 6.07 Å². The van der Waals surface area contributed by atoms with E-state index < -0.39 is 6.10 Å². The van der Waals surface area contributed by atoms with Crippen LogP contribution >= 0.6 is 0 Å². The third-order valence-corrected chi connectivity index (χ3v) is 3.07. The van der Waals surface area contributed by atoms with Crippen LogP contribution in [0, 0.1) is 0 Å². The van der Waals surface area contributed by atoms with Crippen molar-refractivity contribution in [2.45, 2.75) is 25.9 Å². The topological polar surface area (TPSA) is 55.2 Å². The minimum absolute atomic E-state index is 0.447. The molecule has 0 saturated carbocycles. The van der Waals surface area contributed by atoms with Gasteiger partial charge in [0.05, 0.1) is 12.8 Å². The van der Waals surface area contributed by atoms with E-state index in [1.165, 1.54) is 19.0 Å². The van der Waals surface area contributed by atoms with Crippen LogP contribution in [-0.2, 0) is 0 Å². The van der Waals surface area contributed by atoms with Crippen LogP contribution in [0.15, 0.2) is 36.7 Å². The van der Waals surface area contributed by atoms with E-state index in [0.29, 0.717) is 17.5 Å². The average molecular weight is 258 g/mol. The highest BCUT2D eigenvalue weighted by atomic mass is 16.5. The number of aliphatic hydroxyl groups is 1. The third kappa shape index (κ3) is 3.09. The maximum Gasteiger partial charge on any atom is 0.216 e. The first kappa shape index (κ1) is 13.5. The second-order valence-electron chi connectivity index (χ2n) is 4.71. The van der Waals surface area contributed by atoms with Gasteiger partial charge in [0.1, 0.15) is 12.4 Å². The Kier molecular flexibility index (Phi) is 4.12. The highest BCUT2D eigenvalue weighted by Gasteiger charge is 2.13. The summed E-state index contributed by atoms with van der Waals surface area (Å²) in [5, 5.41) is 10.3. The Balaban J connectivity index is 2.25. The Morgan fingerprint density at radius 1 is 1.05 bits per heavy atom. The highest BCUT2D eigenvalue weighted by molar-refractivity contribution is 5.31. The molecule has 0 spiro atoms. The van der Waals surface area contributed by atoms with Gasteiger partial charge >= 0.3 is 0 Å². The molecule has 0 aliphatic heterocycles. The fourth-order valence-electron chi connectivity index (χ4n) is 1.85. The van der Waals surface area contributed by atoms with Crippen molar-refractivity contribution < 1.29 is 9.84 Å². The van der Waals surface area contributed by atoms with Crippen LogP contribution in [0.4, 0.5) is 0 Å². The molecular formula is C15H18N2O2. The molecule has 0 bridgehead atoms.